The normalized spacial score (nSPS) is 22.4. The van der Waals surface area contributed by atoms with Crippen molar-refractivity contribution in [3.8, 4) is 0 Å². The van der Waals surface area contributed by atoms with Crippen molar-refractivity contribution in [2.75, 3.05) is 19.6 Å². The third-order valence-electron chi connectivity index (χ3n) is 4.93. The highest BCUT2D eigenvalue weighted by Crippen LogP contribution is 2.32. The van der Waals surface area contributed by atoms with Crippen molar-refractivity contribution < 1.29 is 0 Å². The van der Waals surface area contributed by atoms with Gasteiger partial charge in [-0.25, -0.2) is 0 Å². The Morgan fingerprint density at radius 1 is 1.05 bits per heavy atom. The Kier molecular flexibility index (Phi) is 6.32. The first kappa shape index (κ1) is 17.0. The zero-order valence-electron chi connectivity index (χ0n) is 14.2. The molecule has 19 heavy (non-hydrogen) atoms. The van der Waals surface area contributed by atoms with Crippen molar-refractivity contribution in [2.24, 2.45) is 5.41 Å². The second kappa shape index (κ2) is 7.08. The van der Waals surface area contributed by atoms with Gasteiger partial charge in [-0.05, 0) is 64.1 Å². The van der Waals surface area contributed by atoms with Gasteiger partial charge in [0.15, 0.2) is 0 Å². The molecule has 1 rings (SSSR count). The molecule has 1 saturated heterocycles. The maximum absolute atomic E-state index is 3.78. The number of nitrogens with zero attached hydrogens (tertiary/aromatic N) is 1. The zero-order valence-corrected chi connectivity index (χ0v) is 14.2. The van der Waals surface area contributed by atoms with Crippen molar-refractivity contribution in [1.82, 2.24) is 10.2 Å². The Morgan fingerprint density at radius 2 is 1.63 bits per heavy atom. The lowest BCUT2D eigenvalue weighted by atomic mass is 9.80. The van der Waals surface area contributed by atoms with Crippen LogP contribution < -0.4 is 5.32 Å². The first-order valence-corrected chi connectivity index (χ1v) is 8.32. The van der Waals surface area contributed by atoms with E-state index in [4.69, 9.17) is 0 Å². The summed E-state index contributed by atoms with van der Waals surface area (Å²) in [6.07, 6.45) is 6.60. The maximum Gasteiger partial charge on any atom is 0.0331 e. The van der Waals surface area contributed by atoms with E-state index in [9.17, 15) is 0 Å². The van der Waals surface area contributed by atoms with E-state index in [2.05, 4.69) is 51.8 Å². The molecule has 0 aromatic carbocycles. The van der Waals surface area contributed by atoms with E-state index in [1.807, 2.05) is 0 Å². The molecule has 1 heterocycles. The second-order valence-corrected chi connectivity index (χ2v) is 7.61. The molecular formula is C17H36N2. The van der Waals surface area contributed by atoms with Crippen molar-refractivity contribution in [3.05, 3.63) is 0 Å². The van der Waals surface area contributed by atoms with Crippen LogP contribution >= 0.6 is 0 Å². The summed E-state index contributed by atoms with van der Waals surface area (Å²) >= 11 is 0. The monoisotopic (exact) mass is 268 g/mol. The van der Waals surface area contributed by atoms with Crippen molar-refractivity contribution in [2.45, 2.75) is 85.2 Å². The molecule has 114 valence electrons. The fraction of sp³-hybridized carbons (Fsp3) is 1.00. The lowest BCUT2D eigenvalue weighted by molar-refractivity contribution is 0.0756. The summed E-state index contributed by atoms with van der Waals surface area (Å²) < 4.78 is 0. The van der Waals surface area contributed by atoms with E-state index in [1.165, 1.54) is 45.2 Å². The van der Waals surface area contributed by atoms with Gasteiger partial charge in [0.1, 0.15) is 0 Å². The molecule has 2 unspecified atom stereocenters. The predicted molar refractivity (Wildman–Crippen MR) is 85.7 cm³/mol. The number of likely N-dealkylation sites (N-methyl/N-ethyl adjacent to an activating group) is 1. The molecular weight excluding hydrogens is 232 g/mol. The van der Waals surface area contributed by atoms with Gasteiger partial charge in [0, 0.05) is 11.6 Å². The number of likely N-dealkylation sites (tertiary alicyclic amines) is 1. The van der Waals surface area contributed by atoms with Gasteiger partial charge in [-0.1, -0.05) is 34.6 Å². The Morgan fingerprint density at radius 3 is 2.05 bits per heavy atom. The number of nitrogens with one attached hydrogen (secondary N) is 1. The Labute approximate surface area is 121 Å². The minimum absolute atomic E-state index is 0.331. The van der Waals surface area contributed by atoms with Gasteiger partial charge in [0.05, 0.1) is 0 Å². The van der Waals surface area contributed by atoms with E-state index in [1.54, 1.807) is 0 Å². The van der Waals surface area contributed by atoms with E-state index in [0.29, 0.717) is 17.0 Å². The van der Waals surface area contributed by atoms with Crippen LogP contribution in [-0.2, 0) is 0 Å². The molecule has 1 aliphatic heterocycles. The molecule has 0 bridgehead atoms. The van der Waals surface area contributed by atoms with Crippen LogP contribution in [0, 0.1) is 5.41 Å². The molecule has 0 radical (unpaired) electrons. The average Bonchev–Trinajstić information content (AvgIpc) is 2.86. The first-order chi connectivity index (χ1) is 8.83. The molecule has 0 saturated carbocycles. The van der Waals surface area contributed by atoms with E-state index in [0.717, 1.165) is 6.54 Å². The molecule has 1 N–H and O–H groups in total. The van der Waals surface area contributed by atoms with E-state index in [-0.39, 0.29) is 0 Å². The number of hydrogen-bond acceptors (Lipinski definition) is 2. The summed E-state index contributed by atoms with van der Waals surface area (Å²) in [5.41, 5.74) is 0.769. The summed E-state index contributed by atoms with van der Waals surface area (Å²) in [6.45, 7) is 17.8. The molecule has 1 aliphatic rings. The summed E-state index contributed by atoms with van der Waals surface area (Å²) in [5, 5.41) is 3.78. The van der Waals surface area contributed by atoms with Crippen molar-refractivity contribution in [3.63, 3.8) is 0 Å². The molecule has 0 aromatic rings. The van der Waals surface area contributed by atoms with Crippen molar-refractivity contribution >= 4 is 0 Å². The van der Waals surface area contributed by atoms with Crippen molar-refractivity contribution in [1.29, 1.82) is 0 Å². The van der Waals surface area contributed by atoms with Gasteiger partial charge < -0.3 is 5.32 Å². The summed E-state index contributed by atoms with van der Waals surface area (Å²) in [5.74, 6) is 0. The highest BCUT2D eigenvalue weighted by atomic mass is 15.2. The Bertz CT molecular complexity index is 250. The predicted octanol–water partition coefficient (Wildman–Crippen LogP) is 4.06. The number of hydrogen-bond donors (Lipinski definition) is 1. The lowest BCUT2D eigenvalue weighted by Gasteiger charge is -2.45. The molecule has 2 nitrogen and oxygen atoms in total. The SMILES string of the molecule is CCNC(CCC(C)(C)C)C(C)(CC)N1CCCC1. The molecule has 2 heteroatoms. The van der Waals surface area contributed by atoms with Gasteiger partial charge in [0.25, 0.3) is 0 Å². The smallest absolute Gasteiger partial charge is 0.0331 e. The molecule has 0 aromatic heterocycles. The lowest BCUT2D eigenvalue weighted by Crippen LogP contribution is -2.58. The van der Waals surface area contributed by atoms with Crippen LogP contribution in [0.5, 0.6) is 0 Å². The van der Waals surface area contributed by atoms with E-state index < -0.39 is 0 Å². The zero-order chi connectivity index (χ0) is 14.5. The highest BCUT2D eigenvalue weighted by Gasteiger charge is 2.39. The molecule has 1 fully saturated rings. The standard InChI is InChI=1S/C17H36N2/c1-7-17(6,19-13-9-10-14-19)15(18-8-2)11-12-16(3,4)5/h15,18H,7-14H2,1-6H3. The molecule has 0 amide bonds. The van der Waals surface area contributed by atoms with Crippen LogP contribution in [-0.4, -0.2) is 36.1 Å². The Hall–Kier alpha value is -0.0800. The van der Waals surface area contributed by atoms with Crippen LogP contribution in [0.2, 0.25) is 0 Å². The minimum Gasteiger partial charge on any atom is -0.312 e. The van der Waals surface area contributed by atoms with Gasteiger partial charge >= 0.3 is 0 Å². The van der Waals surface area contributed by atoms with Crippen LogP contribution in [0.15, 0.2) is 0 Å². The van der Waals surface area contributed by atoms with Gasteiger partial charge in [0.2, 0.25) is 0 Å². The summed E-state index contributed by atoms with van der Waals surface area (Å²) in [6, 6.07) is 0.625. The van der Waals surface area contributed by atoms with Gasteiger partial charge in [-0.2, -0.15) is 0 Å². The Balaban J connectivity index is 2.74. The second-order valence-electron chi connectivity index (χ2n) is 7.61. The fourth-order valence-corrected chi connectivity index (χ4v) is 3.37. The maximum atomic E-state index is 3.78. The van der Waals surface area contributed by atoms with Crippen LogP contribution in [0.3, 0.4) is 0 Å². The fourth-order valence-electron chi connectivity index (χ4n) is 3.37. The molecule has 2 atom stereocenters. The topological polar surface area (TPSA) is 15.3 Å². The summed E-state index contributed by atoms with van der Waals surface area (Å²) in [4.78, 5) is 2.74. The molecule has 0 aliphatic carbocycles. The quantitative estimate of drug-likeness (QED) is 0.749. The van der Waals surface area contributed by atoms with Crippen LogP contribution in [0.25, 0.3) is 0 Å². The third-order valence-corrected chi connectivity index (χ3v) is 4.93. The first-order valence-electron chi connectivity index (χ1n) is 8.32. The number of rotatable bonds is 7. The largest absolute Gasteiger partial charge is 0.312 e. The third kappa shape index (κ3) is 4.75. The van der Waals surface area contributed by atoms with Gasteiger partial charge in [-0.3, -0.25) is 4.90 Å². The molecule has 0 spiro atoms. The van der Waals surface area contributed by atoms with Crippen LogP contribution in [0.1, 0.15) is 73.6 Å². The van der Waals surface area contributed by atoms with Crippen LogP contribution in [0.4, 0.5) is 0 Å². The highest BCUT2D eigenvalue weighted by molar-refractivity contribution is 4.98. The minimum atomic E-state index is 0.331. The van der Waals surface area contributed by atoms with E-state index >= 15 is 0 Å². The average molecular weight is 268 g/mol. The summed E-state index contributed by atoms with van der Waals surface area (Å²) in [7, 11) is 0. The van der Waals surface area contributed by atoms with Gasteiger partial charge in [-0.15, -0.1) is 0 Å².